The topological polar surface area (TPSA) is 44.1 Å². The first kappa shape index (κ1) is 14.2. The van der Waals surface area contributed by atoms with Crippen LogP contribution in [0, 0.1) is 25.5 Å². The number of methoxy groups -OCH3 is 1. The van der Waals surface area contributed by atoms with Crippen molar-refractivity contribution in [3.63, 3.8) is 0 Å². The average molecular weight is 280 g/mol. The predicted molar refractivity (Wildman–Crippen MR) is 68.7 cm³/mol. The molecule has 0 aliphatic carbocycles. The quantitative estimate of drug-likeness (QED) is 0.811. The monoisotopic (exact) mass is 280 g/mol. The van der Waals surface area contributed by atoms with E-state index >= 15 is 0 Å². The van der Waals surface area contributed by atoms with Crippen LogP contribution in [0.1, 0.15) is 17.0 Å². The summed E-state index contributed by atoms with van der Waals surface area (Å²) in [4.78, 5) is 11.4. The summed E-state index contributed by atoms with van der Waals surface area (Å²) in [5.41, 5.74) is 2.05. The highest BCUT2D eigenvalue weighted by molar-refractivity contribution is 5.73. The maximum Gasteiger partial charge on any atom is 0.310 e. The number of hydrogen-bond donors (Lipinski definition) is 0. The van der Waals surface area contributed by atoms with E-state index in [0.29, 0.717) is 17.0 Å². The summed E-state index contributed by atoms with van der Waals surface area (Å²) >= 11 is 0. The van der Waals surface area contributed by atoms with Crippen molar-refractivity contribution in [2.24, 2.45) is 0 Å². The van der Waals surface area contributed by atoms with Gasteiger partial charge in [0.25, 0.3) is 0 Å². The third-order valence-corrected chi connectivity index (χ3v) is 3.13. The summed E-state index contributed by atoms with van der Waals surface area (Å²) in [6.45, 7) is 3.45. The van der Waals surface area contributed by atoms with E-state index in [-0.39, 0.29) is 12.1 Å². The number of hydrogen-bond acceptors (Lipinski definition) is 3. The first-order chi connectivity index (χ1) is 9.43. The lowest BCUT2D eigenvalue weighted by atomic mass is 10.1. The molecule has 0 N–H and O–H groups in total. The first-order valence-corrected chi connectivity index (χ1v) is 6.01. The molecule has 0 aliphatic heterocycles. The Labute approximate surface area is 115 Å². The fourth-order valence-electron chi connectivity index (χ4n) is 2.03. The second-order valence-electron chi connectivity index (χ2n) is 4.41. The summed E-state index contributed by atoms with van der Waals surface area (Å²) in [5.74, 6) is -1.75. The number of rotatable bonds is 3. The zero-order valence-corrected chi connectivity index (χ0v) is 11.4. The molecule has 6 heteroatoms. The molecule has 0 radical (unpaired) electrons. The molecule has 0 saturated heterocycles. The van der Waals surface area contributed by atoms with E-state index in [2.05, 4.69) is 9.84 Å². The minimum absolute atomic E-state index is 0.0664. The van der Waals surface area contributed by atoms with Crippen LogP contribution in [0.4, 0.5) is 8.78 Å². The van der Waals surface area contributed by atoms with Gasteiger partial charge in [-0.05, 0) is 26.0 Å². The first-order valence-electron chi connectivity index (χ1n) is 6.01. The molecule has 0 amide bonds. The number of esters is 1. The molecular weight excluding hydrogens is 266 g/mol. The predicted octanol–water partition coefficient (Wildman–Crippen LogP) is 2.48. The van der Waals surface area contributed by atoms with E-state index in [4.69, 9.17) is 0 Å². The fourth-order valence-corrected chi connectivity index (χ4v) is 2.03. The Bertz CT molecular complexity index is 665. The number of carbonyl (C=O) groups excluding carboxylic acids is 1. The van der Waals surface area contributed by atoms with Crippen LogP contribution in [0.3, 0.4) is 0 Å². The van der Waals surface area contributed by atoms with Crippen molar-refractivity contribution < 1.29 is 18.3 Å². The fraction of sp³-hybridized carbons (Fsp3) is 0.286. The Morgan fingerprint density at radius 3 is 2.65 bits per heavy atom. The molecule has 0 atom stereocenters. The number of halogens is 2. The second-order valence-corrected chi connectivity index (χ2v) is 4.41. The van der Waals surface area contributed by atoms with Crippen LogP contribution in [-0.2, 0) is 16.0 Å². The van der Waals surface area contributed by atoms with Gasteiger partial charge in [-0.1, -0.05) is 0 Å². The Hall–Kier alpha value is -2.24. The molecule has 106 valence electrons. The standard InChI is InChI=1S/C14H14F2N2O2/c1-8-11(7-14(19)20-3)9(2)18(17-8)13-5-4-10(15)6-12(13)16/h4-6H,7H2,1-3H3. The molecule has 0 fully saturated rings. The molecule has 0 unspecified atom stereocenters. The van der Waals surface area contributed by atoms with Crippen molar-refractivity contribution in [2.45, 2.75) is 20.3 Å². The van der Waals surface area contributed by atoms with Crippen molar-refractivity contribution in [1.82, 2.24) is 9.78 Å². The number of ether oxygens (including phenoxy) is 1. The van der Waals surface area contributed by atoms with Crippen LogP contribution in [0.2, 0.25) is 0 Å². The highest BCUT2D eigenvalue weighted by Gasteiger charge is 2.18. The Kier molecular flexibility index (Phi) is 3.83. The largest absolute Gasteiger partial charge is 0.469 e. The molecule has 1 aromatic heterocycles. The number of benzene rings is 1. The lowest BCUT2D eigenvalue weighted by Crippen LogP contribution is -2.07. The van der Waals surface area contributed by atoms with Crippen LogP contribution in [0.15, 0.2) is 18.2 Å². The normalized spacial score (nSPS) is 10.7. The van der Waals surface area contributed by atoms with E-state index in [9.17, 15) is 13.6 Å². The molecule has 0 aliphatic rings. The summed E-state index contributed by atoms with van der Waals surface area (Å²) in [6, 6.07) is 3.27. The average Bonchev–Trinajstić information content (AvgIpc) is 2.66. The highest BCUT2D eigenvalue weighted by Crippen LogP contribution is 2.21. The maximum atomic E-state index is 13.8. The van der Waals surface area contributed by atoms with E-state index in [1.807, 2.05) is 0 Å². The van der Waals surface area contributed by atoms with Crippen molar-refractivity contribution in [2.75, 3.05) is 7.11 Å². The summed E-state index contributed by atoms with van der Waals surface area (Å²) in [7, 11) is 1.30. The van der Waals surface area contributed by atoms with E-state index in [0.717, 1.165) is 12.1 Å². The summed E-state index contributed by atoms with van der Waals surface area (Å²) in [5, 5.41) is 4.20. The smallest absolute Gasteiger partial charge is 0.310 e. The molecule has 1 heterocycles. The molecular formula is C14H14F2N2O2. The molecule has 20 heavy (non-hydrogen) atoms. The van der Waals surface area contributed by atoms with Gasteiger partial charge in [0.2, 0.25) is 0 Å². The SMILES string of the molecule is COC(=O)Cc1c(C)nn(-c2ccc(F)cc2F)c1C. The second kappa shape index (κ2) is 5.40. The molecule has 1 aromatic carbocycles. The van der Waals surface area contributed by atoms with E-state index in [1.165, 1.54) is 17.9 Å². The minimum atomic E-state index is -0.708. The molecule has 0 saturated carbocycles. The lowest BCUT2D eigenvalue weighted by molar-refractivity contribution is -0.139. The number of aromatic nitrogens is 2. The van der Waals surface area contributed by atoms with Crippen molar-refractivity contribution in [3.8, 4) is 5.69 Å². The van der Waals surface area contributed by atoms with Gasteiger partial charge in [0, 0.05) is 17.3 Å². The van der Waals surface area contributed by atoms with Crippen molar-refractivity contribution >= 4 is 5.97 Å². The van der Waals surface area contributed by atoms with Crippen LogP contribution in [0.5, 0.6) is 0 Å². The minimum Gasteiger partial charge on any atom is -0.469 e. The van der Waals surface area contributed by atoms with Crippen LogP contribution >= 0.6 is 0 Å². The summed E-state index contributed by atoms with van der Waals surface area (Å²) < 4.78 is 32.7. The lowest BCUT2D eigenvalue weighted by Gasteiger charge is -2.06. The Morgan fingerprint density at radius 1 is 1.35 bits per heavy atom. The molecule has 2 aromatic rings. The Balaban J connectivity index is 2.48. The Morgan fingerprint density at radius 2 is 2.05 bits per heavy atom. The summed E-state index contributed by atoms with van der Waals surface area (Å²) in [6.07, 6.45) is 0.0664. The van der Waals surface area contributed by atoms with Gasteiger partial charge in [0.15, 0.2) is 5.82 Å². The molecule has 0 spiro atoms. The van der Waals surface area contributed by atoms with Gasteiger partial charge < -0.3 is 4.74 Å². The number of aryl methyl sites for hydroxylation is 1. The maximum absolute atomic E-state index is 13.8. The zero-order chi connectivity index (χ0) is 14.9. The van der Waals surface area contributed by atoms with Gasteiger partial charge >= 0.3 is 5.97 Å². The van der Waals surface area contributed by atoms with Crippen LogP contribution in [-0.4, -0.2) is 22.9 Å². The number of nitrogens with zero attached hydrogens (tertiary/aromatic N) is 2. The zero-order valence-electron chi connectivity index (χ0n) is 11.4. The van der Waals surface area contributed by atoms with Gasteiger partial charge in [0.05, 0.1) is 19.2 Å². The molecule has 0 bridgehead atoms. The number of carbonyl (C=O) groups is 1. The highest BCUT2D eigenvalue weighted by atomic mass is 19.1. The van der Waals surface area contributed by atoms with E-state index in [1.54, 1.807) is 13.8 Å². The van der Waals surface area contributed by atoms with Gasteiger partial charge in [-0.25, -0.2) is 13.5 Å². The molecule has 4 nitrogen and oxygen atoms in total. The third kappa shape index (κ3) is 2.54. The van der Waals surface area contributed by atoms with E-state index < -0.39 is 17.6 Å². The van der Waals surface area contributed by atoms with Gasteiger partial charge in [-0.2, -0.15) is 5.10 Å². The van der Waals surface area contributed by atoms with Gasteiger partial charge in [-0.15, -0.1) is 0 Å². The van der Waals surface area contributed by atoms with Gasteiger partial charge in [0.1, 0.15) is 11.5 Å². The van der Waals surface area contributed by atoms with Crippen molar-refractivity contribution in [1.29, 1.82) is 0 Å². The van der Waals surface area contributed by atoms with Crippen LogP contribution in [0.25, 0.3) is 5.69 Å². The van der Waals surface area contributed by atoms with Crippen LogP contribution < -0.4 is 0 Å². The third-order valence-electron chi connectivity index (χ3n) is 3.13. The van der Waals surface area contributed by atoms with Crippen molar-refractivity contribution in [3.05, 3.63) is 46.8 Å². The molecule has 2 rings (SSSR count). The van der Waals surface area contributed by atoms with Gasteiger partial charge in [-0.3, -0.25) is 4.79 Å².